The molecule has 0 bridgehead atoms. The first-order valence-corrected chi connectivity index (χ1v) is 10.1. The third kappa shape index (κ3) is 6.34. The molecule has 5 nitrogen and oxygen atoms in total. The molecule has 0 aromatic heterocycles. The molecule has 0 saturated heterocycles. The van der Waals surface area contributed by atoms with E-state index in [9.17, 15) is 9.59 Å². The maximum absolute atomic E-state index is 13.2. The van der Waals surface area contributed by atoms with E-state index in [-0.39, 0.29) is 18.2 Å². The summed E-state index contributed by atoms with van der Waals surface area (Å²) >= 11 is 0. The maximum Gasteiger partial charge on any atom is 0.242 e. The standard InChI is InChI=1S/C24H32N2O3/c1-6-12-25-24(28)19(4)26(16-21-8-7-9-22(14-21)29-5)23(27)15-20-11-10-17(2)18(3)13-20/h7-11,13-14,19H,6,12,15-16H2,1-5H3,(H,25,28)/t19-/m1/s1. The maximum atomic E-state index is 13.2. The van der Waals surface area contributed by atoms with Crippen LogP contribution in [0, 0.1) is 13.8 Å². The van der Waals surface area contributed by atoms with E-state index in [1.807, 2.05) is 56.3 Å². The Balaban J connectivity index is 2.25. The molecule has 0 spiro atoms. The van der Waals surface area contributed by atoms with E-state index in [1.54, 1.807) is 18.9 Å². The van der Waals surface area contributed by atoms with Crippen molar-refractivity contribution in [2.75, 3.05) is 13.7 Å². The SMILES string of the molecule is CCCNC(=O)[C@@H](C)N(Cc1cccc(OC)c1)C(=O)Cc1ccc(C)c(C)c1. The van der Waals surface area contributed by atoms with Crippen LogP contribution in [0.1, 0.15) is 42.5 Å². The van der Waals surface area contributed by atoms with Gasteiger partial charge in [0.1, 0.15) is 11.8 Å². The third-order valence-electron chi connectivity index (χ3n) is 5.13. The summed E-state index contributed by atoms with van der Waals surface area (Å²) in [6, 6.07) is 13.1. The fourth-order valence-electron chi connectivity index (χ4n) is 3.14. The number of ether oxygens (including phenoxy) is 1. The van der Waals surface area contributed by atoms with E-state index >= 15 is 0 Å². The molecule has 0 aliphatic carbocycles. The van der Waals surface area contributed by atoms with E-state index < -0.39 is 6.04 Å². The zero-order chi connectivity index (χ0) is 21.4. The lowest BCUT2D eigenvalue weighted by Crippen LogP contribution is -2.48. The van der Waals surface area contributed by atoms with Crippen molar-refractivity contribution in [3.05, 3.63) is 64.7 Å². The number of benzene rings is 2. The van der Waals surface area contributed by atoms with Gasteiger partial charge in [0.2, 0.25) is 11.8 Å². The van der Waals surface area contributed by atoms with Gasteiger partial charge in [-0.15, -0.1) is 0 Å². The zero-order valence-corrected chi connectivity index (χ0v) is 18.1. The molecule has 0 aliphatic heterocycles. The van der Waals surface area contributed by atoms with Gasteiger partial charge >= 0.3 is 0 Å². The van der Waals surface area contributed by atoms with Crippen molar-refractivity contribution in [2.24, 2.45) is 0 Å². The van der Waals surface area contributed by atoms with Crippen LogP contribution < -0.4 is 10.1 Å². The first kappa shape index (κ1) is 22.5. The summed E-state index contributed by atoms with van der Waals surface area (Å²) in [6.07, 6.45) is 1.11. The number of aryl methyl sites for hydroxylation is 2. The van der Waals surface area contributed by atoms with Crippen LogP contribution in [0.15, 0.2) is 42.5 Å². The van der Waals surface area contributed by atoms with Crippen molar-refractivity contribution in [3.8, 4) is 5.75 Å². The first-order chi connectivity index (χ1) is 13.8. The second-order valence-corrected chi connectivity index (χ2v) is 7.44. The highest BCUT2D eigenvalue weighted by molar-refractivity contribution is 5.88. The molecule has 0 unspecified atom stereocenters. The lowest BCUT2D eigenvalue weighted by Gasteiger charge is -2.29. The van der Waals surface area contributed by atoms with Gasteiger partial charge in [-0.25, -0.2) is 0 Å². The Morgan fingerprint density at radius 2 is 1.83 bits per heavy atom. The Hall–Kier alpha value is -2.82. The molecule has 5 heteroatoms. The Kier molecular flexibility index (Phi) is 8.25. The van der Waals surface area contributed by atoms with Gasteiger partial charge in [-0.3, -0.25) is 9.59 Å². The minimum atomic E-state index is -0.563. The number of methoxy groups -OCH3 is 1. The van der Waals surface area contributed by atoms with E-state index in [0.717, 1.165) is 28.9 Å². The Morgan fingerprint density at radius 3 is 2.48 bits per heavy atom. The molecule has 0 radical (unpaired) electrons. The molecular formula is C24H32N2O3. The van der Waals surface area contributed by atoms with E-state index in [0.29, 0.717) is 13.1 Å². The largest absolute Gasteiger partial charge is 0.497 e. The molecule has 1 N–H and O–H groups in total. The molecule has 156 valence electrons. The van der Waals surface area contributed by atoms with Crippen LogP contribution in [0.4, 0.5) is 0 Å². The number of nitrogens with zero attached hydrogens (tertiary/aromatic N) is 1. The second-order valence-electron chi connectivity index (χ2n) is 7.44. The fourth-order valence-corrected chi connectivity index (χ4v) is 3.14. The normalized spacial score (nSPS) is 11.6. The third-order valence-corrected chi connectivity index (χ3v) is 5.13. The summed E-state index contributed by atoms with van der Waals surface area (Å²) in [6.45, 7) is 8.82. The molecule has 2 aromatic carbocycles. The van der Waals surface area contributed by atoms with Crippen molar-refractivity contribution in [1.29, 1.82) is 0 Å². The van der Waals surface area contributed by atoms with Crippen LogP contribution in [0.2, 0.25) is 0 Å². The van der Waals surface area contributed by atoms with Gasteiger partial charge in [0.25, 0.3) is 0 Å². The number of nitrogens with one attached hydrogen (secondary N) is 1. The number of carbonyl (C=O) groups excluding carboxylic acids is 2. The molecule has 2 amide bonds. The molecule has 0 aliphatic rings. The molecule has 2 aromatic rings. The van der Waals surface area contributed by atoms with Crippen LogP contribution in [0.5, 0.6) is 5.75 Å². The summed E-state index contributed by atoms with van der Waals surface area (Å²) < 4.78 is 5.30. The average Bonchev–Trinajstić information content (AvgIpc) is 2.72. The molecular weight excluding hydrogens is 364 g/mol. The lowest BCUT2D eigenvalue weighted by molar-refractivity contribution is -0.140. The molecule has 0 saturated carbocycles. The second kappa shape index (κ2) is 10.6. The predicted molar refractivity (Wildman–Crippen MR) is 116 cm³/mol. The molecule has 0 fully saturated rings. The van der Waals surface area contributed by atoms with Crippen molar-refractivity contribution < 1.29 is 14.3 Å². The molecule has 29 heavy (non-hydrogen) atoms. The van der Waals surface area contributed by atoms with Crippen molar-refractivity contribution in [3.63, 3.8) is 0 Å². The van der Waals surface area contributed by atoms with E-state index in [1.165, 1.54) is 5.56 Å². The highest BCUT2D eigenvalue weighted by Gasteiger charge is 2.26. The van der Waals surface area contributed by atoms with Gasteiger partial charge < -0.3 is 15.0 Å². The van der Waals surface area contributed by atoms with Gasteiger partial charge in [0, 0.05) is 13.1 Å². The van der Waals surface area contributed by atoms with Gasteiger partial charge in [-0.2, -0.15) is 0 Å². The highest BCUT2D eigenvalue weighted by atomic mass is 16.5. The number of hydrogen-bond donors (Lipinski definition) is 1. The van der Waals surface area contributed by atoms with Crippen LogP contribution in [0.25, 0.3) is 0 Å². The van der Waals surface area contributed by atoms with Gasteiger partial charge in [0.05, 0.1) is 13.5 Å². The Morgan fingerprint density at radius 1 is 1.07 bits per heavy atom. The van der Waals surface area contributed by atoms with Crippen molar-refractivity contribution >= 4 is 11.8 Å². The summed E-state index contributed by atoms with van der Waals surface area (Å²) in [5.74, 6) is 0.519. The summed E-state index contributed by atoms with van der Waals surface area (Å²) in [7, 11) is 1.61. The van der Waals surface area contributed by atoms with E-state index in [4.69, 9.17) is 4.74 Å². The molecule has 0 heterocycles. The minimum absolute atomic E-state index is 0.0739. The highest BCUT2D eigenvalue weighted by Crippen LogP contribution is 2.18. The molecule has 1 atom stereocenters. The zero-order valence-electron chi connectivity index (χ0n) is 18.1. The topological polar surface area (TPSA) is 58.6 Å². The van der Waals surface area contributed by atoms with Crippen molar-refractivity contribution in [1.82, 2.24) is 10.2 Å². The molecule has 2 rings (SSSR count). The first-order valence-electron chi connectivity index (χ1n) is 10.1. The number of hydrogen-bond acceptors (Lipinski definition) is 3. The lowest BCUT2D eigenvalue weighted by atomic mass is 10.0. The number of carbonyl (C=O) groups is 2. The van der Waals surface area contributed by atoms with Crippen molar-refractivity contribution in [2.45, 2.75) is 53.1 Å². The Bertz CT molecular complexity index is 848. The summed E-state index contributed by atoms with van der Waals surface area (Å²) in [5.41, 5.74) is 4.23. The van der Waals surface area contributed by atoms with Gasteiger partial charge in [0.15, 0.2) is 0 Å². The van der Waals surface area contributed by atoms with Gasteiger partial charge in [-0.1, -0.05) is 37.3 Å². The quantitative estimate of drug-likeness (QED) is 0.701. The minimum Gasteiger partial charge on any atom is -0.497 e. The number of amides is 2. The van der Waals surface area contributed by atoms with E-state index in [2.05, 4.69) is 12.2 Å². The number of rotatable bonds is 9. The summed E-state index contributed by atoms with van der Waals surface area (Å²) in [4.78, 5) is 27.4. The Labute approximate surface area is 174 Å². The summed E-state index contributed by atoms with van der Waals surface area (Å²) in [5, 5.41) is 2.90. The van der Waals surface area contributed by atoms with Crippen LogP contribution in [-0.2, 0) is 22.6 Å². The average molecular weight is 397 g/mol. The van der Waals surface area contributed by atoms with Gasteiger partial charge in [-0.05, 0) is 61.6 Å². The fraction of sp³-hybridized carbons (Fsp3) is 0.417. The monoisotopic (exact) mass is 396 g/mol. The van der Waals surface area contributed by atoms with Crippen LogP contribution in [0.3, 0.4) is 0 Å². The smallest absolute Gasteiger partial charge is 0.242 e. The van der Waals surface area contributed by atoms with Crippen LogP contribution >= 0.6 is 0 Å². The predicted octanol–water partition coefficient (Wildman–Crippen LogP) is 3.80. The van der Waals surface area contributed by atoms with Crippen LogP contribution in [-0.4, -0.2) is 36.4 Å².